The standard InChI is InChI=1S/C40H45N11O4/c41-14-3-15-43-25-28(24-42)35-31-11-17-45-36(31)49-40(48-35)47-29-9-7-26(8-10-29)27-12-19-50(20-13-27)21-23-55-22-18-44-32-5-1-4-30-34(32)39(54)51(38(30)53)33-6-2-16-46-37(33)52/h1,4-5,7-11,17,24-25,27,33,44H,2-3,6,12-13,15-16,18-23,42H2,(H,46,52)(H2,45,47,48,49)/b28-24+,43-25?. The number of carbonyl (C=O) groups excluding carboxylic acids is 3. The Morgan fingerprint density at radius 2 is 1.89 bits per heavy atom. The lowest BCUT2D eigenvalue weighted by atomic mass is 9.89. The van der Waals surface area contributed by atoms with Crippen LogP contribution >= 0.6 is 0 Å². The normalized spacial score (nSPS) is 18.2. The van der Waals surface area contributed by atoms with Gasteiger partial charge in [0.15, 0.2) is 0 Å². The van der Waals surface area contributed by atoms with Crippen LogP contribution in [0.3, 0.4) is 0 Å². The summed E-state index contributed by atoms with van der Waals surface area (Å²) in [5, 5.41) is 19.0. The minimum Gasteiger partial charge on any atom is -0.404 e. The van der Waals surface area contributed by atoms with Gasteiger partial charge in [-0.15, -0.1) is 0 Å². The first-order valence-corrected chi connectivity index (χ1v) is 18.8. The molecule has 15 nitrogen and oxygen atoms in total. The van der Waals surface area contributed by atoms with Crippen LogP contribution in [0.2, 0.25) is 0 Å². The molecule has 0 spiro atoms. The highest BCUT2D eigenvalue weighted by atomic mass is 16.5. The SMILES string of the molecule is N#CCCN=C/C(=C\N)c1nc(Nc2ccc(C3CCN(CCOCCNc4cccc5c4C(=O)N(C4CCCNC4=O)C5=O)CC3)cc2)nc2[nH]ccc12. The van der Waals surface area contributed by atoms with Crippen molar-refractivity contribution >= 4 is 57.9 Å². The molecule has 5 heterocycles. The predicted octanol–water partition coefficient (Wildman–Crippen LogP) is 4.17. The van der Waals surface area contributed by atoms with E-state index < -0.39 is 17.9 Å². The highest BCUT2D eigenvalue weighted by Gasteiger charge is 2.44. The molecule has 55 heavy (non-hydrogen) atoms. The summed E-state index contributed by atoms with van der Waals surface area (Å²) in [6.45, 7) is 5.27. The molecular weight excluding hydrogens is 699 g/mol. The maximum absolute atomic E-state index is 13.3. The molecule has 3 aliphatic heterocycles. The zero-order chi connectivity index (χ0) is 38.1. The van der Waals surface area contributed by atoms with Crippen LogP contribution in [0.5, 0.6) is 0 Å². The number of anilines is 3. The summed E-state index contributed by atoms with van der Waals surface area (Å²) >= 11 is 0. The highest BCUT2D eigenvalue weighted by Crippen LogP contribution is 2.33. The summed E-state index contributed by atoms with van der Waals surface area (Å²) < 4.78 is 5.94. The molecule has 7 rings (SSSR count). The molecule has 6 N–H and O–H groups in total. The molecule has 2 aromatic carbocycles. The van der Waals surface area contributed by atoms with Crippen molar-refractivity contribution in [2.24, 2.45) is 10.7 Å². The lowest BCUT2D eigenvalue weighted by molar-refractivity contribution is -0.126. The van der Waals surface area contributed by atoms with Gasteiger partial charge >= 0.3 is 0 Å². The number of benzene rings is 2. The number of aromatic nitrogens is 3. The first kappa shape index (κ1) is 37.2. The second-order valence-electron chi connectivity index (χ2n) is 13.8. The number of imide groups is 1. The van der Waals surface area contributed by atoms with E-state index >= 15 is 0 Å². The van der Waals surface area contributed by atoms with E-state index in [0.717, 1.165) is 54.9 Å². The van der Waals surface area contributed by atoms with Gasteiger partial charge in [0.2, 0.25) is 11.9 Å². The number of carbonyl (C=O) groups is 3. The lowest BCUT2D eigenvalue weighted by Crippen LogP contribution is -2.52. The molecule has 284 valence electrons. The van der Waals surface area contributed by atoms with E-state index in [4.69, 9.17) is 20.7 Å². The van der Waals surface area contributed by atoms with Crippen LogP contribution < -0.4 is 21.7 Å². The summed E-state index contributed by atoms with van der Waals surface area (Å²) in [6.07, 6.45) is 8.55. The van der Waals surface area contributed by atoms with Gasteiger partial charge in [-0.3, -0.25) is 24.3 Å². The number of aromatic amines is 1. The van der Waals surface area contributed by atoms with Gasteiger partial charge in [0, 0.05) is 60.6 Å². The third-order valence-corrected chi connectivity index (χ3v) is 10.3. The molecule has 2 saturated heterocycles. The topological polar surface area (TPSA) is 207 Å². The number of likely N-dealkylation sites (tertiary alicyclic amines) is 1. The first-order valence-electron chi connectivity index (χ1n) is 18.8. The van der Waals surface area contributed by atoms with Gasteiger partial charge in [-0.1, -0.05) is 18.2 Å². The number of rotatable bonds is 15. The lowest BCUT2D eigenvalue weighted by Gasteiger charge is -2.32. The fraction of sp³-hybridized carbons (Fsp3) is 0.375. The third-order valence-electron chi connectivity index (χ3n) is 10.3. The van der Waals surface area contributed by atoms with Crippen molar-refractivity contribution < 1.29 is 19.1 Å². The van der Waals surface area contributed by atoms with Crippen LogP contribution in [-0.4, -0.2) is 107 Å². The first-order chi connectivity index (χ1) is 26.9. The van der Waals surface area contributed by atoms with Gasteiger partial charge in [0.1, 0.15) is 11.7 Å². The number of nitrogens with two attached hydrogens (primary N) is 1. The molecular formula is C40H45N11O4. The largest absolute Gasteiger partial charge is 0.404 e. The summed E-state index contributed by atoms with van der Waals surface area (Å²) in [6, 6.07) is 16.8. The van der Waals surface area contributed by atoms with Crippen LogP contribution in [0.15, 0.2) is 65.9 Å². The number of piperidine rings is 2. The van der Waals surface area contributed by atoms with Gasteiger partial charge in [-0.2, -0.15) is 10.2 Å². The van der Waals surface area contributed by atoms with E-state index in [9.17, 15) is 14.4 Å². The van der Waals surface area contributed by atoms with Gasteiger partial charge < -0.3 is 36.3 Å². The number of hydrogen-bond donors (Lipinski definition) is 5. The average Bonchev–Trinajstić information content (AvgIpc) is 3.79. The second-order valence-corrected chi connectivity index (χ2v) is 13.8. The fourth-order valence-corrected chi connectivity index (χ4v) is 7.42. The van der Waals surface area contributed by atoms with E-state index in [1.807, 2.05) is 6.07 Å². The number of fused-ring (bicyclic) bond motifs is 2. The van der Waals surface area contributed by atoms with Crippen molar-refractivity contribution in [3.63, 3.8) is 0 Å². The summed E-state index contributed by atoms with van der Waals surface area (Å²) in [5.74, 6) is -0.225. The molecule has 0 saturated carbocycles. The van der Waals surface area contributed by atoms with Crippen molar-refractivity contribution in [1.29, 1.82) is 5.26 Å². The van der Waals surface area contributed by atoms with E-state index in [2.05, 4.69) is 66.1 Å². The highest BCUT2D eigenvalue weighted by molar-refractivity contribution is 6.25. The molecule has 3 aliphatic rings. The molecule has 3 amide bonds. The average molecular weight is 744 g/mol. The Hall–Kier alpha value is -6.11. The summed E-state index contributed by atoms with van der Waals surface area (Å²) in [4.78, 5) is 59.2. The van der Waals surface area contributed by atoms with Crippen molar-refractivity contribution in [2.45, 2.75) is 44.1 Å². The van der Waals surface area contributed by atoms with Gasteiger partial charge in [0.05, 0.1) is 49.1 Å². The van der Waals surface area contributed by atoms with Crippen LogP contribution in [0.25, 0.3) is 16.6 Å². The number of allylic oxidation sites excluding steroid dienone is 1. The summed E-state index contributed by atoms with van der Waals surface area (Å²) in [7, 11) is 0. The second kappa shape index (κ2) is 17.4. The Balaban J connectivity index is 0.846. The maximum Gasteiger partial charge on any atom is 0.264 e. The molecule has 0 radical (unpaired) electrons. The van der Waals surface area contributed by atoms with E-state index in [0.29, 0.717) is 91.3 Å². The number of aliphatic imine (C=N–C) groups is 1. The van der Waals surface area contributed by atoms with Crippen molar-refractivity contribution in [3.05, 3.63) is 83.3 Å². The molecule has 1 atom stereocenters. The van der Waals surface area contributed by atoms with Crippen molar-refractivity contribution in [1.82, 2.24) is 30.1 Å². The Morgan fingerprint density at radius 3 is 2.67 bits per heavy atom. The number of ether oxygens (including phenoxy) is 1. The Morgan fingerprint density at radius 1 is 1.05 bits per heavy atom. The molecule has 2 aromatic heterocycles. The molecule has 2 fully saturated rings. The molecule has 15 heteroatoms. The fourth-order valence-electron chi connectivity index (χ4n) is 7.42. The number of nitrogens with zero attached hydrogens (tertiary/aromatic N) is 6. The molecule has 4 aromatic rings. The summed E-state index contributed by atoms with van der Waals surface area (Å²) in [5.41, 5.74) is 11.3. The van der Waals surface area contributed by atoms with Gasteiger partial charge in [-0.05, 0) is 80.6 Å². The number of H-pyrrole nitrogens is 1. The van der Waals surface area contributed by atoms with E-state index in [1.165, 1.54) is 11.8 Å². The molecule has 0 bridgehead atoms. The van der Waals surface area contributed by atoms with Crippen molar-refractivity contribution in [2.75, 3.05) is 63.1 Å². The van der Waals surface area contributed by atoms with Crippen LogP contribution in [0.1, 0.15) is 70.0 Å². The van der Waals surface area contributed by atoms with Crippen LogP contribution in [0, 0.1) is 11.3 Å². The third kappa shape index (κ3) is 8.35. The Kier molecular flexibility index (Phi) is 11.7. The quantitative estimate of drug-likeness (QED) is 0.0664. The van der Waals surface area contributed by atoms with Crippen molar-refractivity contribution in [3.8, 4) is 6.07 Å². The van der Waals surface area contributed by atoms with Gasteiger partial charge in [0.25, 0.3) is 11.8 Å². The smallest absolute Gasteiger partial charge is 0.264 e. The van der Waals surface area contributed by atoms with Crippen LogP contribution in [0.4, 0.5) is 17.3 Å². The number of nitrogens with one attached hydrogen (secondary N) is 4. The minimum atomic E-state index is -0.768. The molecule has 0 aliphatic carbocycles. The number of nitriles is 1. The zero-order valence-electron chi connectivity index (χ0n) is 30.6. The van der Waals surface area contributed by atoms with E-state index in [-0.39, 0.29) is 5.91 Å². The number of hydrogen-bond acceptors (Lipinski definition) is 12. The Bertz CT molecular complexity index is 2130. The van der Waals surface area contributed by atoms with Crippen LogP contribution in [-0.2, 0) is 9.53 Å². The van der Waals surface area contributed by atoms with E-state index in [1.54, 1.807) is 30.6 Å². The zero-order valence-corrected chi connectivity index (χ0v) is 30.6. The monoisotopic (exact) mass is 743 g/mol. The number of amides is 3. The Labute approximate surface area is 319 Å². The van der Waals surface area contributed by atoms with Gasteiger partial charge in [-0.25, -0.2) is 4.98 Å². The minimum absolute atomic E-state index is 0.281. The maximum atomic E-state index is 13.3. The molecule has 1 unspecified atom stereocenters. The predicted molar refractivity (Wildman–Crippen MR) is 210 cm³/mol.